The van der Waals surface area contributed by atoms with Crippen LogP contribution in [0.5, 0.6) is 5.75 Å². The van der Waals surface area contributed by atoms with Crippen molar-refractivity contribution >= 4 is 22.7 Å². The van der Waals surface area contributed by atoms with Gasteiger partial charge in [-0.3, -0.25) is 23.9 Å². The standard InChI is InChI=1S/C21H21N3O4/c1-14(25)23(15(2)26)13-12-20-22-19-7-5-4-6-18(19)21(27)24(20)16-8-10-17(28-3)11-9-16/h4-11H,12-13H2,1-3H3. The Bertz CT molecular complexity index is 1070. The molecule has 7 nitrogen and oxygen atoms in total. The van der Waals surface area contributed by atoms with Crippen molar-refractivity contribution in [3.8, 4) is 11.4 Å². The molecule has 0 fully saturated rings. The van der Waals surface area contributed by atoms with Crippen LogP contribution >= 0.6 is 0 Å². The van der Waals surface area contributed by atoms with E-state index < -0.39 is 0 Å². The van der Waals surface area contributed by atoms with Gasteiger partial charge in [0, 0.05) is 26.8 Å². The van der Waals surface area contributed by atoms with Crippen LogP contribution in [0, 0.1) is 0 Å². The number of aromatic nitrogens is 2. The number of benzene rings is 2. The van der Waals surface area contributed by atoms with E-state index in [0.29, 0.717) is 28.2 Å². The van der Waals surface area contributed by atoms with Crippen LogP contribution < -0.4 is 10.3 Å². The van der Waals surface area contributed by atoms with Crippen LogP contribution in [-0.2, 0) is 16.0 Å². The molecule has 2 aromatic carbocycles. The Labute approximate surface area is 162 Å². The fraction of sp³-hybridized carbons (Fsp3) is 0.238. The first-order chi connectivity index (χ1) is 13.4. The average molecular weight is 379 g/mol. The highest BCUT2D eigenvalue weighted by Gasteiger charge is 2.17. The summed E-state index contributed by atoms with van der Waals surface area (Å²) < 4.78 is 6.70. The van der Waals surface area contributed by atoms with Gasteiger partial charge in [-0.1, -0.05) is 12.1 Å². The van der Waals surface area contributed by atoms with Crippen molar-refractivity contribution in [2.75, 3.05) is 13.7 Å². The van der Waals surface area contributed by atoms with Crippen LogP contribution in [0.25, 0.3) is 16.6 Å². The molecule has 144 valence electrons. The van der Waals surface area contributed by atoms with E-state index in [1.807, 2.05) is 6.07 Å². The van der Waals surface area contributed by atoms with E-state index in [4.69, 9.17) is 4.74 Å². The minimum Gasteiger partial charge on any atom is -0.497 e. The lowest BCUT2D eigenvalue weighted by atomic mass is 10.2. The van der Waals surface area contributed by atoms with Gasteiger partial charge < -0.3 is 4.74 Å². The van der Waals surface area contributed by atoms with Gasteiger partial charge in [0.1, 0.15) is 11.6 Å². The van der Waals surface area contributed by atoms with Crippen LogP contribution in [0.2, 0.25) is 0 Å². The van der Waals surface area contributed by atoms with Crippen molar-refractivity contribution < 1.29 is 14.3 Å². The molecule has 0 atom stereocenters. The van der Waals surface area contributed by atoms with E-state index in [9.17, 15) is 14.4 Å². The lowest BCUT2D eigenvalue weighted by Crippen LogP contribution is -2.36. The van der Waals surface area contributed by atoms with Crippen molar-refractivity contribution in [1.82, 2.24) is 14.5 Å². The molecule has 0 N–H and O–H groups in total. The van der Waals surface area contributed by atoms with Crippen molar-refractivity contribution in [3.63, 3.8) is 0 Å². The zero-order valence-corrected chi connectivity index (χ0v) is 16.0. The number of hydrogen-bond donors (Lipinski definition) is 0. The van der Waals surface area contributed by atoms with Crippen molar-refractivity contribution in [2.45, 2.75) is 20.3 Å². The van der Waals surface area contributed by atoms with E-state index in [-0.39, 0.29) is 30.3 Å². The zero-order valence-electron chi connectivity index (χ0n) is 16.0. The van der Waals surface area contributed by atoms with Crippen LogP contribution in [0.3, 0.4) is 0 Å². The summed E-state index contributed by atoms with van der Waals surface area (Å²) >= 11 is 0. The number of rotatable bonds is 5. The van der Waals surface area contributed by atoms with E-state index in [0.717, 1.165) is 4.90 Å². The summed E-state index contributed by atoms with van der Waals surface area (Å²) in [5.74, 6) is 0.464. The molecule has 7 heteroatoms. The van der Waals surface area contributed by atoms with Gasteiger partial charge in [0.15, 0.2) is 0 Å². The SMILES string of the molecule is COc1ccc(-n2c(CCN(C(C)=O)C(C)=O)nc3ccccc3c2=O)cc1. The molecule has 0 bridgehead atoms. The first-order valence-electron chi connectivity index (χ1n) is 8.86. The highest BCUT2D eigenvalue weighted by atomic mass is 16.5. The number of nitrogens with zero attached hydrogens (tertiary/aromatic N) is 3. The summed E-state index contributed by atoms with van der Waals surface area (Å²) in [4.78, 5) is 42.4. The molecule has 0 saturated heterocycles. The molecule has 28 heavy (non-hydrogen) atoms. The van der Waals surface area contributed by atoms with E-state index in [1.54, 1.807) is 49.6 Å². The summed E-state index contributed by atoms with van der Waals surface area (Å²) in [5.41, 5.74) is 1.00. The monoisotopic (exact) mass is 379 g/mol. The topological polar surface area (TPSA) is 81.5 Å². The quantitative estimate of drug-likeness (QED) is 0.680. The van der Waals surface area contributed by atoms with E-state index >= 15 is 0 Å². The maximum absolute atomic E-state index is 13.2. The third kappa shape index (κ3) is 3.78. The number of imide groups is 1. The lowest BCUT2D eigenvalue weighted by molar-refractivity contribution is -0.142. The molecule has 0 aliphatic rings. The number of ether oxygens (including phenoxy) is 1. The first-order valence-corrected chi connectivity index (χ1v) is 8.86. The Hall–Kier alpha value is -3.48. The zero-order chi connectivity index (χ0) is 20.3. The van der Waals surface area contributed by atoms with Gasteiger partial charge in [0.2, 0.25) is 11.8 Å². The maximum atomic E-state index is 13.2. The second-order valence-electron chi connectivity index (χ2n) is 6.32. The average Bonchev–Trinajstić information content (AvgIpc) is 2.68. The molecule has 1 aromatic heterocycles. The van der Waals surface area contributed by atoms with Gasteiger partial charge in [-0.05, 0) is 36.4 Å². The third-order valence-corrected chi connectivity index (χ3v) is 4.50. The minimum absolute atomic E-state index is 0.144. The number of methoxy groups -OCH3 is 1. The van der Waals surface area contributed by atoms with Gasteiger partial charge in [-0.15, -0.1) is 0 Å². The van der Waals surface area contributed by atoms with Crippen molar-refractivity contribution in [1.29, 1.82) is 0 Å². The largest absolute Gasteiger partial charge is 0.497 e. The van der Waals surface area contributed by atoms with Crippen LogP contribution in [0.1, 0.15) is 19.7 Å². The highest BCUT2D eigenvalue weighted by Crippen LogP contribution is 2.17. The second-order valence-corrected chi connectivity index (χ2v) is 6.32. The summed E-state index contributed by atoms with van der Waals surface area (Å²) in [6.45, 7) is 2.82. The molecular weight excluding hydrogens is 358 g/mol. The Morgan fingerprint density at radius 2 is 1.68 bits per heavy atom. The molecule has 0 unspecified atom stereocenters. The number of para-hydroxylation sites is 1. The van der Waals surface area contributed by atoms with Gasteiger partial charge in [-0.2, -0.15) is 0 Å². The predicted molar refractivity (Wildman–Crippen MR) is 106 cm³/mol. The molecule has 0 aliphatic heterocycles. The lowest BCUT2D eigenvalue weighted by Gasteiger charge is -2.19. The van der Waals surface area contributed by atoms with Crippen LogP contribution in [0.4, 0.5) is 0 Å². The first kappa shape index (κ1) is 19.3. The Morgan fingerprint density at radius 1 is 1.04 bits per heavy atom. The predicted octanol–water partition coefficient (Wildman–Crippen LogP) is 2.33. The number of amides is 2. The third-order valence-electron chi connectivity index (χ3n) is 4.50. The van der Waals surface area contributed by atoms with E-state index in [2.05, 4.69) is 4.98 Å². The van der Waals surface area contributed by atoms with E-state index in [1.165, 1.54) is 18.4 Å². The summed E-state index contributed by atoms with van der Waals surface area (Å²) in [7, 11) is 1.57. The number of carbonyl (C=O) groups is 2. The molecule has 2 amide bonds. The Balaban J connectivity index is 2.12. The number of carbonyl (C=O) groups excluding carboxylic acids is 2. The molecule has 3 rings (SSSR count). The normalized spacial score (nSPS) is 10.7. The molecule has 0 radical (unpaired) electrons. The fourth-order valence-corrected chi connectivity index (χ4v) is 3.09. The second kappa shape index (κ2) is 8.04. The highest BCUT2D eigenvalue weighted by molar-refractivity contribution is 5.92. The van der Waals surface area contributed by atoms with Crippen LogP contribution in [0.15, 0.2) is 53.3 Å². The molecule has 0 saturated carbocycles. The maximum Gasteiger partial charge on any atom is 0.265 e. The van der Waals surface area contributed by atoms with Crippen LogP contribution in [-0.4, -0.2) is 39.9 Å². The summed E-state index contributed by atoms with van der Waals surface area (Å²) in [5, 5.41) is 0.497. The molecule has 1 heterocycles. The Morgan fingerprint density at radius 3 is 2.29 bits per heavy atom. The van der Waals surface area contributed by atoms with Gasteiger partial charge in [-0.25, -0.2) is 4.98 Å². The number of fused-ring (bicyclic) bond motifs is 1. The smallest absolute Gasteiger partial charge is 0.265 e. The van der Waals surface area contributed by atoms with Gasteiger partial charge >= 0.3 is 0 Å². The van der Waals surface area contributed by atoms with Crippen molar-refractivity contribution in [3.05, 3.63) is 64.7 Å². The molecule has 0 spiro atoms. The molecule has 3 aromatic rings. The van der Waals surface area contributed by atoms with Crippen molar-refractivity contribution in [2.24, 2.45) is 0 Å². The summed E-state index contributed by atoms with van der Waals surface area (Å²) in [6, 6.07) is 14.2. The summed E-state index contributed by atoms with van der Waals surface area (Å²) in [6.07, 6.45) is 0.255. The number of hydrogen-bond acceptors (Lipinski definition) is 5. The fourth-order valence-electron chi connectivity index (χ4n) is 3.09. The minimum atomic E-state index is -0.341. The molecule has 0 aliphatic carbocycles. The molecular formula is C21H21N3O4. The van der Waals surface area contributed by atoms with Gasteiger partial charge in [0.05, 0.1) is 23.7 Å². The van der Waals surface area contributed by atoms with Gasteiger partial charge in [0.25, 0.3) is 5.56 Å². The Kier molecular flexibility index (Phi) is 5.54.